The molecule has 0 saturated carbocycles. The number of nitrogens with one attached hydrogen (secondary N) is 1. The molecule has 1 N–H and O–H groups in total. The Kier molecular flexibility index (Phi) is 4.46. The van der Waals surface area contributed by atoms with Crippen molar-refractivity contribution >= 4 is 23.3 Å². The van der Waals surface area contributed by atoms with Crippen molar-refractivity contribution in [2.45, 2.75) is 0 Å². The van der Waals surface area contributed by atoms with Gasteiger partial charge in [0.1, 0.15) is 0 Å². The van der Waals surface area contributed by atoms with Crippen LogP contribution in [0.3, 0.4) is 0 Å². The largest absolute Gasteiger partial charge is 0.463 e. The predicted octanol–water partition coefficient (Wildman–Crippen LogP) is 2.29. The Balaban J connectivity index is 2.27. The molecule has 5 heteroatoms. The van der Waals surface area contributed by atoms with E-state index in [4.69, 9.17) is 0 Å². The summed E-state index contributed by atoms with van der Waals surface area (Å²) in [6, 6.07) is 14.9. The van der Waals surface area contributed by atoms with Crippen molar-refractivity contribution in [3.63, 3.8) is 0 Å². The Morgan fingerprint density at radius 2 is 1.52 bits per heavy atom. The molecular weight excluding hydrogens is 270 g/mol. The van der Waals surface area contributed by atoms with Gasteiger partial charge in [-0.2, -0.15) is 0 Å². The van der Waals surface area contributed by atoms with Gasteiger partial charge in [-0.05, 0) is 24.3 Å². The number of carbonyl (C=O) groups is 3. The van der Waals surface area contributed by atoms with E-state index in [1.54, 1.807) is 48.5 Å². The molecular formula is C16H13NO4. The van der Waals surface area contributed by atoms with E-state index in [0.29, 0.717) is 5.56 Å². The molecule has 0 atom stereocenters. The summed E-state index contributed by atoms with van der Waals surface area (Å²) in [5, 5.41) is 2.62. The number of esters is 1. The van der Waals surface area contributed by atoms with Crippen molar-refractivity contribution in [3.8, 4) is 0 Å². The van der Waals surface area contributed by atoms with Crippen LogP contribution in [-0.4, -0.2) is 24.8 Å². The summed E-state index contributed by atoms with van der Waals surface area (Å²) in [6.45, 7) is 0. The highest BCUT2D eigenvalue weighted by molar-refractivity contribution is 6.42. The van der Waals surface area contributed by atoms with E-state index in [1.165, 1.54) is 6.07 Å². The van der Waals surface area contributed by atoms with Gasteiger partial charge in [0.05, 0.1) is 18.4 Å². The lowest BCUT2D eigenvalue weighted by atomic mass is 10.1. The maximum absolute atomic E-state index is 12.1. The van der Waals surface area contributed by atoms with Gasteiger partial charge in [-0.15, -0.1) is 0 Å². The highest BCUT2D eigenvalue weighted by Gasteiger charge is 2.20. The molecule has 106 valence electrons. The molecule has 0 bridgehead atoms. The van der Waals surface area contributed by atoms with Crippen LogP contribution in [0.4, 0.5) is 5.69 Å². The van der Waals surface area contributed by atoms with Gasteiger partial charge in [0.25, 0.3) is 11.7 Å². The van der Waals surface area contributed by atoms with E-state index in [-0.39, 0.29) is 17.2 Å². The first-order valence-electron chi connectivity index (χ1n) is 6.21. The van der Waals surface area contributed by atoms with Gasteiger partial charge < -0.3 is 10.1 Å². The summed E-state index contributed by atoms with van der Waals surface area (Å²) in [5.41, 5.74) is 0.813. The van der Waals surface area contributed by atoms with E-state index in [9.17, 15) is 14.4 Å². The first-order valence-corrected chi connectivity index (χ1v) is 6.21. The lowest BCUT2D eigenvalue weighted by Gasteiger charge is -2.09. The average molecular weight is 283 g/mol. The van der Waals surface area contributed by atoms with Crippen LogP contribution in [-0.2, 0) is 9.53 Å². The van der Waals surface area contributed by atoms with Crippen LogP contribution in [0.5, 0.6) is 0 Å². The fourth-order valence-electron chi connectivity index (χ4n) is 1.78. The zero-order chi connectivity index (χ0) is 15.2. The quantitative estimate of drug-likeness (QED) is 0.531. The Labute approximate surface area is 121 Å². The zero-order valence-electron chi connectivity index (χ0n) is 11.3. The highest BCUT2D eigenvalue weighted by atomic mass is 16.5. The van der Waals surface area contributed by atoms with Gasteiger partial charge in [0.15, 0.2) is 0 Å². The molecule has 0 aliphatic heterocycles. The maximum atomic E-state index is 12.1. The van der Waals surface area contributed by atoms with Crippen molar-refractivity contribution < 1.29 is 19.1 Å². The molecule has 0 heterocycles. The van der Waals surface area contributed by atoms with E-state index < -0.39 is 11.8 Å². The van der Waals surface area contributed by atoms with Gasteiger partial charge in [-0.3, -0.25) is 9.59 Å². The number of carbonyl (C=O) groups excluding carboxylic acids is 3. The zero-order valence-corrected chi connectivity index (χ0v) is 11.3. The van der Waals surface area contributed by atoms with E-state index in [0.717, 1.165) is 7.11 Å². The summed E-state index contributed by atoms with van der Waals surface area (Å²) in [7, 11) is 1.13. The fourth-order valence-corrected chi connectivity index (χ4v) is 1.78. The summed E-state index contributed by atoms with van der Waals surface area (Å²) in [5.74, 6) is -2.14. The van der Waals surface area contributed by atoms with Crippen LogP contribution in [0.1, 0.15) is 20.7 Å². The minimum atomic E-state index is -0.976. The molecule has 2 rings (SSSR count). The summed E-state index contributed by atoms with van der Waals surface area (Å²) < 4.78 is 4.41. The lowest BCUT2D eigenvalue weighted by Crippen LogP contribution is -2.19. The number of benzene rings is 2. The van der Waals surface area contributed by atoms with Gasteiger partial charge in [0.2, 0.25) is 0 Å². The molecule has 0 radical (unpaired) electrons. The first kappa shape index (κ1) is 14.5. The number of hydrogen-bond donors (Lipinski definition) is 1. The van der Waals surface area contributed by atoms with Crippen molar-refractivity contribution in [1.82, 2.24) is 0 Å². The molecule has 5 nitrogen and oxygen atoms in total. The Bertz CT molecular complexity index is 680. The van der Waals surface area contributed by atoms with Gasteiger partial charge in [-0.25, -0.2) is 4.79 Å². The van der Waals surface area contributed by atoms with E-state index in [2.05, 4.69) is 10.1 Å². The molecule has 2 aromatic carbocycles. The molecule has 0 aliphatic carbocycles. The Hall–Kier alpha value is -2.95. The monoisotopic (exact) mass is 283 g/mol. The summed E-state index contributed by atoms with van der Waals surface area (Å²) in [6.07, 6.45) is 0. The number of methoxy groups -OCH3 is 1. The van der Waals surface area contributed by atoms with Crippen LogP contribution in [0.2, 0.25) is 0 Å². The van der Waals surface area contributed by atoms with Crippen molar-refractivity contribution in [2.75, 3.05) is 12.4 Å². The minimum absolute atomic E-state index is 0.0913. The minimum Gasteiger partial charge on any atom is -0.463 e. The number of amides is 1. The molecule has 0 unspecified atom stereocenters. The molecule has 2 aromatic rings. The average Bonchev–Trinajstić information content (AvgIpc) is 2.54. The second-order valence-electron chi connectivity index (χ2n) is 4.19. The predicted molar refractivity (Wildman–Crippen MR) is 77.2 cm³/mol. The maximum Gasteiger partial charge on any atom is 0.379 e. The Morgan fingerprint density at radius 3 is 2.19 bits per heavy atom. The molecule has 21 heavy (non-hydrogen) atoms. The number of Topliss-reactive ketones (excluding diaryl/α,β-unsaturated/α-hetero) is 1. The normalized spacial score (nSPS) is 9.76. The summed E-state index contributed by atoms with van der Waals surface area (Å²) in [4.78, 5) is 35.3. The second-order valence-corrected chi connectivity index (χ2v) is 4.19. The van der Waals surface area contributed by atoms with Crippen LogP contribution in [0.15, 0.2) is 54.6 Å². The number of ether oxygens (including phenoxy) is 1. The SMILES string of the molecule is COC(=O)C(=O)c1ccccc1NC(=O)c1ccccc1. The number of rotatable bonds is 4. The smallest absolute Gasteiger partial charge is 0.379 e. The second kappa shape index (κ2) is 6.47. The number of ketones is 1. The number of para-hydroxylation sites is 1. The van der Waals surface area contributed by atoms with Gasteiger partial charge in [0, 0.05) is 5.56 Å². The molecule has 0 saturated heterocycles. The highest BCUT2D eigenvalue weighted by Crippen LogP contribution is 2.17. The van der Waals surface area contributed by atoms with Crippen molar-refractivity contribution in [2.24, 2.45) is 0 Å². The van der Waals surface area contributed by atoms with Crippen LogP contribution in [0, 0.1) is 0 Å². The third-order valence-electron chi connectivity index (χ3n) is 2.83. The first-order chi connectivity index (χ1) is 10.1. The standard InChI is InChI=1S/C16H13NO4/c1-21-16(20)14(18)12-9-5-6-10-13(12)17-15(19)11-7-3-2-4-8-11/h2-10H,1H3,(H,17,19). The molecule has 0 fully saturated rings. The van der Waals surface area contributed by atoms with Gasteiger partial charge in [-0.1, -0.05) is 30.3 Å². The molecule has 0 aromatic heterocycles. The van der Waals surface area contributed by atoms with Crippen LogP contribution >= 0.6 is 0 Å². The third kappa shape index (κ3) is 3.33. The van der Waals surface area contributed by atoms with E-state index >= 15 is 0 Å². The summed E-state index contributed by atoms with van der Waals surface area (Å²) >= 11 is 0. The molecule has 1 amide bonds. The third-order valence-corrected chi connectivity index (χ3v) is 2.83. The fraction of sp³-hybridized carbons (Fsp3) is 0.0625. The number of hydrogen-bond acceptors (Lipinski definition) is 4. The number of anilines is 1. The van der Waals surface area contributed by atoms with Crippen molar-refractivity contribution in [1.29, 1.82) is 0 Å². The topological polar surface area (TPSA) is 72.5 Å². The van der Waals surface area contributed by atoms with Gasteiger partial charge >= 0.3 is 5.97 Å². The van der Waals surface area contributed by atoms with Crippen LogP contribution < -0.4 is 5.32 Å². The van der Waals surface area contributed by atoms with Crippen LogP contribution in [0.25, 0.3) is 0 Å². The van der Waals surface area contributed by atoms with E-state index in [1.807, 2.05) is 0 Å². The lowest BCUT2D eigenvalue weighted by molar-refractivity contribution is -0.135. The van der Waals surface area contributed by atoms with Crippen molar-refractivity contribution in [3.05, 3.63) is 65.7 Å². The molecule has 0 spiro atoms. The molecule has 0 aliphatic rings. The Morgan fingerprint density at radius 1 is 0.905 bits per heavy atom.